The van der Waals surface area contributed by atoms with Crippen molar-refractivity contribution in [2.24, 2.45) is 5.73 Å². The second-order valence-corrected chi connectivity index (χ2v) is 24.3. The highest BCUT2D eigenvalue weighted by Crippen LogP contribution is 2.47. The molecular formula is C73H108BrFN2O9S4. The molecule has 2 atom stereocenters. The minimum absolute atomic E-state index is 0. The van der Waals surface area contributed by atoms with Gasteiger partial charge in [-0.05, 0) is 137 Å². The van der Waals surface area contributed by atoms with Gasteiger partial charge in [0.05, 0.1) is 8.52 Å². The number of ether oxygens (including phenoxy) is 3. The van der Waals surface area contributed by atoms with Crippen LogP contribution in [0.15, 0.2) is 146 Å². The molecule has 502 valence electrons. The maximum atomic E-state index is 11.9. The summed E-state index contributed by atoms with van der Waals surface area (Å²) in [4.78, 5) is 35.5. The Kier molecular flexibility index (Phi) is 50.6. The first-order valence-corrected chi connectivity index (χ1v) is 35.9. The summed E-state index contributed by atoms with van der Waals surface area (Å²) in [5, 5.41) is 10.9. The number of esters is 3. The first-order valence-electron chi connectivity index (χ1n) is 31.2. The summed E-state index contributed by atoms with van der Waals surface area (Å²) < 4.78 is 53.1. The van der Waals surface area contributed by atoms with Gasteiger partial charge in [0.1, 0.15) is 19.8 Å². The molecule has 0 spiro atoms. The van der Waals surface area contributed by atoms with Crippen molar-refractivity contribution in [3.63, 3.8) is 0 Å². The molecule has 11 nitrogen and oxygen atoms in total. The molecule has 0 aromatic heterocycles. The Hall–Kier alpha value is -4.98. The van der Waals surface area contributed by atoms with Gasteiger partial charge in [-0.15, -0.1) is 17.0 Å². The van der Waals surface area contributed by atoms with Crippen LogP contribution in [0.2, 0.25) is 0 Å². The van der Waals surface area contributed by atoms with Crippen LogP contribution in [0.1, 0.15) is 160 Å². The number of carbonyl (C=O) groups is 3. The summed E-state index contributed by atoms with van der Waals surface area (Å²) in [6.07, 6.45) is 13.1. The molecule has 10 rings (SSSR count). The number of hydrogen-bond donors (Lipinski definition) is 4. The molecule has 6 aromatic carbocycles. The van der Waals surface area contributed by atoms with Crippen LogP contribution in [-0.2, 0) is 50.2 Å². The third kappa shape index (κ3) is 30.2. The fourth-order valence-electron chi connectivity index (χ4n) is 10.0. The number of carbonyl (C=O) groups excluding carboxylic acids is 3. The monoisotopic (exact) mass is 1380 g/mol. The number of nitrogens with one attached hydrogen (secondary N) is 1. The van der Waals surface area contributed by atoms with Crippen molar-refractivity contribution >= 4 is 80.9 Å². The van der Waals surface area contributed by atoms with Gasteiger partial charge in [-0.3, -0.25) is 27.2 Å². The van der Waals surface area contributed by atoms with E-state index in [-0.39, 0.29) is 74.1 Å². The zero-order chi connectivity index (χ0) is 64.9. The number of rotatable bonds is 19. The molecule has 4 N–H and O–H groups in total. The summed E-state index contributed by atoms with van der Waals surface area (Å²) in [6, 6.07) is 50.1. The van der Waals surface area contributed by atoms with Gasteiger partial charge in [0.25, 0.3) is 0 Å². The zero-order valence-corrected chi connectivity index (χ0v) is 58.2. The lowest BCUT2D eigenvalue weighted by Gasteiger charge is -2.14. The molecule has 4 aliphatic rings. The van der Waals surface area contributed by atoms with Crippen LogP contribution in [0, 0.1) is 0 Å². The number of aliphatic hydroxyl groups excluding tert-OH is 1. The second kappa shape index (κ2) is 53.5. The average Bonchev–Trinajstić information content (AvgIpc) is 1.65. The van der Waals surface area contributed by atoms with Crippen molar-refractivity contribution < 1.29 is 47.9 Å². The second-order valence-electron chi connectivity index (χ2n) is 19.7. The third-order valence-electron chi connectivity index (χ3n) is 13.8. The first kappa shape index (κ1) is 85.0. The Balaban J connectivity index is 0. The van der Waals surface area contributed by atoms with Crippen LogP contribution in [0.5, 0.6) is 0 Å². The smallest absolute Gasteiger partial charge is 0.305 e. The highest BCUT2D eigenvalue weighted by molar-refractivity contribution is 8.93. The molecular weight excluding hydrogens is 1280 g/mol. The molecule has 2 unspecified atom stereocenters. The van der Waals surface area contributed by atoms with Gasteiger partial charge < -0.3 is 30.4 Å². The van der Waals surface area contributed by atoms with Crippen LogP contribution >= 0.6 is 41.4 Å². The summed E-state index contributed by atoms with van der Waals surface area (Å²) in [6.45, 7) is 14.2. The molecule has 6 aromatic rings. The Labute approximate surface area is 568 Å². The number of thioether (sulfide) groups is 1. The highest BCUT2D eigenvalue weighted by Gasteiger charge is 2.31. The van der Waals surface area contributed by atoms with Crippen LogP contribution in [0.3, 0.4) is 0 Å². The molecule has 1 heterocycles. The fourth-order valence-corrected chi connectivity index (χ4v) is 11.5. The Bertz CT molecular complexity index is 2810. The van der Waals surface area contributed by atoms with Gasteiger partial charge >= 0.3 is 17.9 Å². The fraction of sp³-hybridized carbons (Fsp3) is 0.466. The third-order valence-corrected chi connectivity index (χ3v) is 16.5. The van der Waals surface area contributed by atoms with E-state index < -0.39 is 28.8 Å². The number of fused-ring (bicyclic) bond motifs is 9. The lowest BCUT2D eigenvalue weighted by molar-refractivity contribution is -0.144. The van der Waals surface area contributed by atoms with E-state index in [0.29, 0.717) is 69.3 Å². The maximum absolute atomic E-state index is 11.9. The summed E-state index contributed by atoms with van der Waals surface area (Å²) in [7, 11) is -2.55. The number of hydrogen-bond acceptors (Lipinski definition) is 13. The molecule has 0 amide bonds. The molecule has 0 saturated carbocycles. The number of halogens is 2. The van der Waals surface area contributed by atoms with Crippen molar-refractivity contribution in [1.29, 1.82) is 0 Å². The molecule has 0 bridgehead atoms. The van der Waals surface area contributed by atoms with Gasteiger partial charge in [-0.25, -0.2) is 0 Å². The van der Waals surface area contributed by atoms with Gasteiger partial charge in [0, 0.05) is 95.8 Å². The van der Waals surface area contributed by atoms with Crippen LogP contribution in [0.4, 0.5) is 4.39 Å². The molecule has 3 aliphatic carbocycles. The molecule has 90 heavy (non-hydrogen) atoms. The van der Waals surface area contributed by atoms with E-state index in [1.807, 2.05) is 64.1 Å². The van der Waals surface area contributed by atoms with Crippen molar-refractivity contribution in [2.45, 2.75) is 125 Å². The van der Waals surface area contributed by atoms with Gasteiger partial charge in [-0.1, -0.05) is 195 Å². The summed E-state index contributed by atoms with van der Waals surface area (Å²) >= 11 is 5.88. The van der Waals surface area contributed by atoms with Crippen molar-refractivity contribution in [3.05, 3.63) is 179 Å². The lowest BCUT2D eigenvalue weighted by atomic mass is 9.98. The van der Waals surface area contributed by atoms with Crippen LogP contribution < -0.4 is 11.1 Å². The minimum atomic E-state index is -1.00. The van der Waals surface area contributed by atoms with Gasteiger partial charge in [0.2, 0.25) is 0 Å². The van der Waals surface area contributed by atoms with E-state index in [2.05, 4.69) is 133 Å². The lowest BCUT2D eigenvalue weighted by Crippen LogP contribution is -2.21. The van der Waals surface area contributed by atoms with E-state index in [1.165, 1.54) is 99.1 Å². The van der Waals surface area contributed by atoms with Crippen molar-refractivity contribution in [1.82, 2.24) is 5.32 Å². The Morgan fingerprint density at radius 1 is 0.567 bits per heavy atom. The van der Waals surface area contributed by atoms with Crippen molar-refractivity contribution in [3.8, 4) is 33.4 Å². The van der Waals surface area contributed by atoms with E-state index in [4.69, 9.17) is 26.4 Å². The van der Waals surface area contributed by atoms with Crippen LogP contribution in [-0.4, -0.2) is 126 Å². The van der Waals surface area contributed by atoms with E-state index in [1.54, 1.807) is 31.2 Å². The normalized spacial score (nSPS) is 12.8. The quantitative estimate of drug-likeness (QED) is 0.0262. The molecule has 1 aliphatic heterocycles. The summed E-state index contributed by atoms with van der Waals surface area (Å²) in [5.74, 6) is 2.87. The number of benzene rings is 6. The molecule has 1 saturated heterocycles. The van der Waals surface area contributed by atoms with E-state index in [9.17, 15) is 27.2 Å². The Morgan fingerprint density at radius 2 is 0.833 bits per heavy atom. The van der Waals surface area contributed by atoms with Gasteiger partial charge in [-0.2, -0.15) is 24.4 Å². The van der Waals surface area contributed by atoms with Crippen LogP contribution in [0.25, 0.3) is 33.4 Å². The molecule has 0 radical (unpaired) electrons. The largest absolute Gasteiger partial charge is 0.465 e. The Morgan fingerprint density at radius 3 is 1.04 bits per heavy atom. The molecule has 17 heteroatoms. The van der Waals surface area contributed by atoms with E-state index >= 15 is 0 Å². The zero-order valence-electron chi connectivity index (χ0n) is 54.2. The highest BCUT2D eigenvalue weighted by atomic mass is 79.9. The predicted molar refractivity (Wildman–Crippen MR) is 394 cm³/mol. The number of piperidine rings is 1. The standard InChI is InChI=1S/C19H20O3S.C19H20O2S.C18H18O2S.C5H11N.C3H9NOS.C2H6O.2C2H6.CH3F.2CH4.BrH/c1-23(21)12-6-11-19(20)22-13-18-16-9-4-2-7-14(16)15-8-3-5-10-17(15)18;1-22-12-6-11-19(20)21-13-18-16-9-4-2-7-14(16)15-8-3-5-10-17(15)18;19-18(10-5-11-21)20-12-17-15-8-3-1-6-13(15)14-7-2-4-9-16(14)17;1-2-4-6-5-3-1;1-6(5)3-2-4;1-2-3;3*1-2;;;/h2-5,7-10,18H,6,11-13H2,1H3;2-5,7-10,18H,6,11-13H2,1H3;1-4,6-9,17,21H,5,10-12H2;6H,1-5H2;2-4H2,1H3;3H,2H2,1H3;2*1-2H3;1H3;2*1H4;1H/i;;;;;;;;1D;;;. The number of nitrogens with two attached hydrogens (primary N) is 1. The van der Waals surface area contributed by atoms with Crippen molar-refractivity contribution in [2.75, 3.05) is 95.0 Å². The number of alkyl halides is 1. The SMILES string of the molecule is Br.C.C.C1CCNCC1.CC.CC.CCO.CS(=O)CCCC(=O)OCC1c2ccccc2-c2ccccc21.CS(=O)CCN.CSCCCC(=O)OCC1c2ccccc2-c2ccccc21.O=C(CCCS)OCC1c2ccccc2-c2ccccc21.[2H]CF. The topological polar surface area (TPSA) is 171 Å². The van der Waals surface area contributed by atoms with Gasteiger partial charge in [0.15, 0.2) is 0 Å². The molecule has 1 fully saturated rings. The number of thiol groups is 1. The first-order chi connectivity index (χ1) is 42.9. The van der Waals surface area contributed by atoms with E-state index in [0.717, 1.165) is 18.6 Å². The number of aliphatic hydroxyl groups is 1. The maximum Gasteiger partial charge on any atom is 0.305 e. The predicted octanol–water partition coefficient (Wildman–Crippen LogP) is 16.6. The average molecular weight is 1390 g/mol. The minimum Gasteiger partial charge on any atom is -0.465 e. The summed E-state index contributed by atoms with van der Waals surface area (Å²) in [5.41, 5.74) is 20.0.